The van der Waals surface area contributed by atoms with Crippen molar-refractivity contribution in [3.63, 3.8) is 0 Å². The van der Waals surface area contributed by atoms with Crippen molar-refractivity contribution in [2.24, 2.45) is 5.92 Å². The minimum Gasteiger partial charge on any atom is -0.392 e. The highest BCUT2D eigenvalue weighted by molar-refractivity contribution is 5.96. The van der Waals surface area contributed by atoms with Crippen molar-refractivity contribution in [1.29, 1.82) is 0 Å². The molecule has 0 radical (unpaired) electrons. The number of carbonyl (C=O) groups excluding carboxylic acids is 1. The van der Waals surface area contributed by atoms with Crippen LogP contribution in [0.25, 0.3) is 28.2 Å². The van der Waals surface area contributed by atoms with E-state index >= 15 is 0 Å². The van der Waals surface area contributed by atoms with Gasteiger partial charge in [-0.05, 0) is 67.9 Å². The summed E-state index contributed by atoms with van der Waals surface area (Å²) in [5.74, 6) is 0.520. The molecule has 2 aromatic carbocycles. The van der Waals surface area contributed by atoms with E-state index in [1.54, 1.807) is 0 Å². The average molecular weight is 512 g/mol. The van der Waals surface area contributed by atoms with Crippen LogP contribution in [-0.4, -0.2) is 51.4 Å². The molecule has 0 atom stereocenters. The fourth-order valence-electron chi connectivity index (χ4n) is 5.11. The fraction of sp³-hybridized carbons (Fsp3) is 0.367. The zero-order valence-electron chi connectivity index (χ0n) is 21.6. The summed E-state index contributed by atoms with van der Waals surface area (Å²) >= 11 is 0. The van der Waals surface area contributed by atoms with Gasteiger partial charge in [-0.3, -0.25) is 4.79 Å². The van der Waals surface area contributed by atoms with Gasteiger partial charge in [-0.1, -0.05) is 30.3 Å². The van der Waals surface area contributed by atoms with E-state index in [-0.39, 0.29) is 12.5 Å². The van der Waals surface area contributed by atoms with Crippen LogP contribution in [0, 0.1) is 12.8 Å². The number of fused-ring (bicyclic) bond motifs is 1. The van der Waals surface area contributed by atoms with E-state index in [1.165, 1.54) is 0 Å². The van der Waals surface area contributed by atoms with Crippen molar-refractivity contribution in [1.82, 2.24) is 19.9 Å². The first kappa shape index (κ1) is 24.6. The lowest BCUT2D eigenvalue weighted by Gasteiger charge is -2.23. The predicted molar refractivity (Wildman–Crippen MR) is 147 cm³/mol. The van der Waals surface area contributed by atoms with Gasteiger partial charge in [-0.2, -0.15) is 5.10 Å². The van der Waals surface area contributed by atoms with Crippen molar-refractivity contribution in [3.05, 3.63) is 71.4 Å². The summed E-state index contributed by atoms with van der Waals surface area (Å²) in [5, 5.41) is 21.7. The molecule has 0 bridgehead atoms. The molecule has 2 aromatic heterocycles. The van der Waals surface area contributed by atoms with Crippen LogP contribution >= 0.6 is 0 Å². The SMILES string of the molecule is Cc1cc(-c2cnc3c(NCC4CCOCC4)cc(-c4ccccc4CO)nn23)ccc1C(=O)NC1CC1. The molecule has 2 aliphatic rings. The number of anilines is 1. The van der Waals surface area contributed by atoms with Gasteiger partial charge >= 0.3 is 0 Å². The van der Waals surface area contributed by atoms with E-state index in [4.69, 9.17) is 14.8 Å². The molecule has 0 spiro atoms. The van der Waals surface area contributed by atoms with E-state index in [0.29, 0.717) is 17.5 Å². The third-order valence-electron chi connectivity index (χ3n) is 7.53. The largest absolute Gasteiger partial charge is 0.392 e. The zero-order valence-corrected chi connectivity index (χ0v) is 21.6. The Bertz CT molecular complexity index is 1470. The van der Waals surface area contributed by atoms with Crippen LogP contribution in [-0.2, 0) is 11.3 Å². The Morgan fingerprint density at radius 2 is 1.92 bits per heavy atom. The van der Waals surface area contributed by atoms with Gasteiger partial charge in [0.25, 0.3) is 5.91 Å². The van der Waals surface area contributed by atoms with E-state index in [2.05, 4.69) is 10.6 Å². The second kappa shape index (κ2) is 10.6. The normalized spacial score (nSPS) is 16.1. The van der Waals surface area contributed by atoms with Crippen LogP contribution in [0.3, 0.4) is 0 Å². The quantitative estimate of drug-likeness (QED) is 0.320. The van der Waals surface area contributed by atoms with Gasteiger partial charge in [0.1, 0.15) is 0 Å². The van der Waals surface area contributed by atoms with Gasteiger partial charge in [0.2, 0.25) is 0 Å². The number of hydrogen-bond acceptors (Lipinski definition) is 6. The summed E-state index contributed by atoms with van der Waals surface area (Å²) in [4.78, 5) is 17.4. The van der Waals surface area contributed by atoms with E-state index < -0.39 is 0 Å². The summed E-state index contributed by atoms with van der Waals surface area (Å²) in [6, 6.07) is 16.0. The van der Waals surface area contributed by atoms with E-state index in [1.807, 2.05) is 66.2 Å². The average Bonchev–Trinajstić information content (AvgIpc) is 3.66. The fourth-order valence-corrected chi connectivity index (χ4v) is 5.11. The van der Waals surface area contributed by atoms with Gasteiger partial charge in [0, 0.05) is 42.5 Å². The molecular formula is C30H33N5O3. The predicted octanol–water partition coefficient (Wildman–Crippen LogP) is 4.59. The van der Waals surface area contributed by atoms with Crippen molar-refractivity contribution in [2.45, 2.75) is 45.3 Å². The third kappa shape index (κ3) is 5.01. The Labute approximate surface area is 222 Å². The number of nitrogens with one attached hydrogen (secondary N) is 2. The van der Waals surface area contributed by atoms with Crippen LogP contribution in [0.2, 0.25) is 0 Å². The molecule has 1 saturated heterocycles. The molecule has 1 aliphatic heterocycles. The van der Waals surface area contributed by atoms with Gasteiger partial charge in [0.05, 0.1) is 29.9 Å². The number of carbonyl (C=O) groups is 1. The molecule has 8 heteroatoms. The van der Waals surface area contributed by atoms with Gasteiger partial charge in [-0.15, -0.1) is 0 Å². The number of nitrogens with zero attached hydrogens (tertiary/aromatic N) is 3. The van der Waals surface area contributed by atoms with Crippen molar-refractivity contribution >= 4 is 17.2 Å². The summed E-state index contributed by atoms with van der Waals surface area (Å²) in [6.45, 7) is 4.33. The summed E-state index contributed by atoms with van der Waals surface area (Å²) in [6.07, 6.45) is 6.02. The smallest absolute Gasteiger partial charge is 0.251 e. The summed E-state index contributed by atoms with van der Waals surface area (Å²) in [7, 11) is 0. The number of amides is 1. The number of rotatable bonds is 8. The minimum atomic E-state index is -0.0684. The first-order valence-electron chi connectivity index (χ1n) is 13.4. The molecule has 3 N–H and O–H groups in total. The highest BCUT2D eigenvalue weighted by Gasteiger charge is 2.25. The maximum atomic E-state index is 12.7. The molecule has 0 unspecified atom stereocenters. The lowest BCUT2D eigenvalue weighted by molar-refractivity contribution is 0.0699. The first-order valence-corrected chi connectivity index (χ1v) is 13.4. The number of aromatic nitrogens is 3. The molecule has 1 aliphatic carbocycles. The van der Waals surface area contributed by atoms with Gasteiger partial charge < -0.3 is 20.5 Å². The van der Waals surface area contributed by atoms with Crippen molar-refractivity contribution in [2.75, 3.05) is 25.1 Å². The molecular weight excluding hydrogens is 478 g/mol. The number of aliphatic hydroxyl groups is 1. The topological polar surface area (TPSA) is 101 Å². The number of benzene rings is 2. The Hall–Kier alpha value is -3.75. The number of imidazole rings is 1. The van der Waals surface area contributed by atoms with E-state index in [9.17, 15) is 9.90 Å². The van der Waals surface area contributed by atoms with Crippen LogP contribution in [0.4, 0.5) is 5.69 Å². The molecule has 2 fully saturated rings. The maximum Gasteiger partial charge on any atom is 0.251 e. The molecule has 38 heavy (non-hydrogen) atoms. The van der Waals surface area contributed by atoms with Crippen LogP contribution < -0.4 is 10.6 Å². The van der Waals surface area contributed by atoms with E-state index in [0.717, 1.165) is 90.4 Å². The number of aryl methyl sites for hydroxylation is 1. The second-order valence-electron chi connectivity index (χ2n) is 10.4. The standard InChI is InChI=1S/C30H33N5O3/c1-19-14-21(6-9-24(19)30(37)33-23-7-8-23)28-17-32-29-27(31-16-20-10-12-38-13-11-20)15-26(34-35(28)29)25-5-3-2-4-22(25)18-36/h2-6,9,14-15,17,20,23,31,36H,7-8,10-13,16,18H2,1H3,(H,33,37). The van der Waals surface area contributed by atoms with Crippen LogP contribution in [0.15, 0.2) is 54.7 Å². The summed E-state index contributed by atoms with van der Waals surface area (Å²) < 4.78 is 7.40. The molecule has 6 rings (SSSR count). The molecule has 1 saturated carbocycles. The van der Waals surface area contributed by atoms with Crippen molar-refractivity contribution in [3.8, 4) is 22.5 Å². The van der Waals surface area contributed by atoms with Gasteiger partial charge in [0.15, 0.2) is 5.65 Å². The Morgan fingerprint density at radius 3 is 2.68 bits per heavy atom. The number of aliphatic hydroxyl groups excluding tert-OH is 1. The Kier molecular flexibility index (Phi) is 6.82. The molecule has 8 nitrogen and oxygen atoms in total. The molecule has 1 amide bonds. The van der Waals surface area contributed by atoms with Crippen LogP contribution in [0.1, 0.15) is 47.2 Å². The molecule has 196 valence electrons. The lowest BCUT2D eigenvalue weighted by Crippen LogP contribution is -2.26. The first-order chi connectivity index (χ1) is 18.6. The maximum absolute atomic E-state index is 12.7. The Morgan fingerprint density at radius 1 is 1.11 bits per heavy atom. The number of hydrogen-bond donors (Lipinski definition) is 3. The van der Waals surface area contributed by atoms with Gasteiger partial charge in [-0.25, -0.2) is 9.50 Å². The lowest BCUT2D eigenvalue weighted by atomic mass is 10.0. The summed E-state index contributed by atoms with van der Waals surface area (Å²) in [5.41, 5.74) is 7.49. The zero-order chi connectivity index (χ0) is 26.1. The highest BCUT2D eigenvalue weighted by Crippen LogP contribution is 2.31. The third-order valence-corrected chi connectivity index (χ3v) is 7.53. The Balaban J connectivity index is 1.40. The molecule has 3 heterocycles. The van der Waals surface area contributed by atoms with Crippen LogP contribution in [0.5, 0.6) is 0 Å². The minimum absolute atomic E-state index is 0.0182. The monoisotopic (exact) mass is 511 g/mol. The highest BCUT2D eigenvalue weighted by atomic mass is 16.5. The number of ether oxygens (including phenoxy) is 1. The second-order valence-corrected chi connectivity index (χ2v) is 10.4. The molecule has 4 aromatic rings. The van der Waals surface area contributed by atoms with Crippen molar-refractivity contribution < 1.29 is 14.6 Å².